The maximum atomic E-state index is 11.9. The highest BCUT2D eigenvalue weighted by atomic mass is 15.0. The summed E-state index contributed by atoms with van der Waals surface area (Å²) in [5, 5.41) is 96.6. The smallest absolute Gasteiger partial charge is 0.164 e. The van der Waals surface area contributed by atoms with Crippen LogP contribution in [-0.4, -0.2) is 24.1 Å². The van der Waals surface area contributed by atoms with Gasteiger partial charge in [-0.25, -0.2) is 15.0 Å². The normalized spacial score (nSPS) is 10.8. The lowest BCUT2D eigenvalue weighted by molar-refractivity contribution is 1.07. The second kappa shape index (κ2) is 24.4. The molecule has 14 nitrogen and oxygen atoms in total. The van der Waals surface area contributed by atoms with Gasteiger partial charge in [0.2, 0.25) is 0 Å². The largest absolute Gasteiger partial charge is 0.309 e. The molecule has 0 aliphatic heterocycles. The van der Waals surface area contributed by atoms with E-state index in [4.69, 9.17) is 15.0 Å². The molecule has 98 heavy (non-hydrogen) atoms. The van der Waals surface area contributed by atoms with Crippen LogP contribution in [0.25, 0.3) is 145 Å². The number of nitrogens with zero attached hydrogens (tertiary/aromatic N) is 14. The maximum Gasteiger partial charge on any atom is 0.164 e. The quantitative estimate of drug-likeness (QED) is 0.124. The molecule has 15 rings (SSSR count). The molecule has 0 atom stereocenters. The summed E-state index contributed by atoms with van der Waals surface area (Å²) in [5.41, 5.74) is 15.1. The van der Waals surface area contributed by atoms with Gasteiger partial charge >= 0.3 is 0 Å². The average molecular weight is 1250 g/mol. The number of nitriles is 9. The molecule has 0 saturated carbocycles. The minimum atomic E-state index is 0.285. The minimum absolute atomic E-state index is 0.285. The molecule has 3 heterocycles. The van der Waals surface area contributed by atoms with Crippen molar-refractivity contribution < 1.29 is 0 Å². The molecule has 0 saturated heterocycles. The van der Waals surface area contributed by atoms with E-state index in [0.717, 1.165) is 32.7 Å². The molecule has 0 bridgehead atoms. The predicted octanol–water partition coefficient (Wildman–Crippen LogP) is 18.2. The summed E-state index contributed by atoms with van der Waals surface area (Å²) in [6.45, 7) is 0. The van der Waals surface area contributed by atoms with Crippen LogP contribution in [0.2, 0.25) is 0 Å². The van der Waals surface area contributed by atoms with Crippen molar-refractivity contribution >= 4 is 43.6 Å². The standard InChI is InChI=1S/C84H40N14/c85-41-50-17-25-65(61(33-50)46-90)56-21-29-74-70(37-56)71-38-57(66-26-18-51(42-86)34-62(66)47-91)22-30-75(71)97(74)78-15-7-13-60(45-89)80(78)81-69(84-95-82(54-9-3-1-4-10-54)94-83(96-84)55-11-5-2-6-12-55)14-8-16-79(81)98-76-31-23-58(67-27-19-52(43-87)35-63(67)48-92)39-72(76)73-40-59(24-32-77(73)98)68-28-20-53(44-88)36-64(68)49-93/h1-40H. The second-order valence-corrected chi connectivity index (χ2v) is 23.1. The summed E-state index contributed by atoms with van der Waals surface area (Å²) in [6, 6.07) is 95.0. The van der Waals surface area contributed by atoms with E-state index in [2.05, 4.69) is 63.8 Å². The van der Waals surface area contributed by atoms with Crippen LogP contribution in [0.5, 0.6) is 0 Å². The lowest BCUT2D eigenvalue weighted by Crippen LogP contribution is -2.07. The zero-order valence-electron chi connectivity index (χ0n) is 51.4. The maximum absolute atomic E-state index is 11.9. The molecule has 12 aromatic carbocycles. The van der Waals surface area contributed by atoms with E-state index in [1.165, 1.54) is 0 Å². The first-order valence-corrected chi connectivity index (χ1v) is 30.7. The number of hydrogen-bond donors (Lipinski definition) is 0. The van der Waals surface area contributed by atoms with Crippen LogP contribution in [0.3, 0.4) is 0 Å². The SMILES string of the molecule is N#Cc1ccc(-c2ccc3c(c2)c2cc(-c4ccc(C#N)cc4C#N)ccc2n3-c2cccc(C#N)c2-c2c(-c3nc(-c4ccccc4)nc(-c4ccccc4)n3)cccc2-n2c3ccc(-c4ccc(C#N)cc4C#N)cc3c3cc(-c4ccc(C#N)cc4C#N)ccc32)c(C#N)c1. The van der Waals surface area contributed by atoms with Gasteiger partial charge in [0.1, 0.15) is 0 Å². The fourth-order valence-corrected chi connectivity index (χ4v) is 13.3. The molecule has 0 fully saturated rings. The van der Waals surface area contributed by atoms with E-state index < -0.39 is 0 Å². The molecule has 0 unspecified atom stereocenters. The first-order chi connectivity index (χ1) is 48.2. The number of aromatic nitrogens is 5. The first-order valence-electron chi connectivity index (χ1n) is 30.7. The van der Waals surface area contributed by atoms with Crippen molar-refractivity contribution in [3.63, 3.8) is 0 Å². The highest BCUT2D eigenvalue weighted by Crippen LogP contribution is 2.48. The predicted molar refractivity (Wildman–Crippen MR) is 374 cm³/mol. The molecule has 0 N–H and O–H groups in total. The van der Waals surface area contributed by atoms with E-state index in [1.807, 2.05) is 164 Å². The van der Waals surface area contributed by atoms with E-state index in [9.17, 15) is 47.4 Å². The molecule has 446 valence electrons. The van der Waals surface area contributed by atoms with Crippen molar-refractivity contribution in [3.05, 3.63) is 293 Å². The molecule has 14 heteroatoms. The molecular weight excluding hydrogens is 1210 g/mol. The van der Waals surface area contributed by atoms with E-state index in [-0.39, 0.29) is 11.4 Å². The van der Waals surface area contributed by atoms with E-state index in [0.29, 0.717) is 151 Å². The topological polar surface area (TPSA) is 263 Å². The Kier molecular flexibility index (Phi) is 14.7. The number of benzene rings is 12. The first kappa shape index (κ1) is 59.0. The Hall–Kier alpha value is -15.3. The molecule has 3 aromatic heterocycles. The lowest BCUT2D eigenvalue weighted by Gasteiger charge is -2.22. The van der Waals surface area contributed by atoms with E-state index in [1.54, 1.807) is 78.9 Å². The third-order valence-corrected chi connectivity index (χ3v) is 17.7. The zero-order valence-corrected chi connectivity index (χ0v) is 51.4. The van der Waals surface area contributed by atoms with Crippen molar-refractivity contribution in [1.82, 2.24) is 24.1 Å². The fraction of sp³-hybridized carbons (Fsp3) is 0. The summed E-state index contributed by atoms with van der Waals surface area (Å²) < 4.78 is 4.25. The molecule has 0 aliphatic rings. The average Bonchev–Trinajstić information content (AvgIpc) is 1.51. The van der Waals surface area contributed by atoms with Gasteiger partial charge in [0, 0.05) is 49.4 Å². The highest BCUT2D eigenvalue weighted by molar-refractivity contribution is 6.15. The van der Waals surface area contributed by atoms with Crippen molar-refractivity contribution in [2.45, 2.75) is 0 Å². The van der Waals surface area contributed by atoms with Gasteiger partial charge in [0.25, 0.3) is 0 Å². The van der Waals surface area contributed by atoms with Gasteiger partial charge in [-0.15, -0.1) is 0 Å². The number of rotatable bonds is 10. The summed E-state index contributed by atoms with van der Waals surface area (Å²) in [7, 11) is 0. The van der Waals surface area contributed by atoms with Crippen LogP contribution in [-0.2, 0) is 0 Å². The van der Waals surface area contributed by atoms with Gasteiger partial charge in [-0.3, -0.25) is 0 Å². The van der Waals surface area contributed by atoms with Gasteiger partial charge in [0.15, 0.2) is 17.5 Å². The number of fused-ring (bicyclic) bond motifs is 6. The summed E-state index contributed by atoms with van der Waals surface area (Å²) >= 11 is 0. The van der Waals surface area contributed by atoms with Crippen molar-refractivity contribution in [2.24, 2.45) is 0 Å². The number of hydrogen-bond acceptors (Lipinski definition) is 12. The third-order valence-electron chi connectivity index (χ3n) is 17.7. The molecule has 0 spiro atoms. The Balaban J connectivity index is 1.08. The van der Waals surface area contributed by atoms with Crippen LogP contribution in [0, 0.1) is 102 Å². The summed E-state index contributed by atoms with van der Waals surface area (Å²) in [4.78, 5) is 15.8. The molecular formula is C84H40N14. The summed E-state index contributed by atoms with van der Waals surface area (Å²) in [6.07, 6.45) is 0. The van der Waals surface area contributed by atoms with Crippen LogP contribution >= 0.6 is 0 Å². The van der Waals surface area contributed by atoms with Gasteiger partial charge in [0.05, 0.1) is 138 Å². The summed E-state index contributed by atoms with van der Waals surface area (Å²) in [5.74, 6) is 1.08. The van der Waals surface area contributed by atoms with Crippen LogP contribution in [0.4, 0.5) is 0 Å². The highest BCUT2D eigenvalue weighted by Gasteiger charge is 2.29. The zero-order chi connectivity index (χ0) is 67.1. The minimum Gasteiger partial charge on any atom is -0.309 e. The fourth-order valence-electron chi connectivity index (χ4n) is 13.3. The van der Waals surface area contributed by atoms with Crippen molar-refractivity contribution in [3.8, 4) is 156 Å². The van der Waals surface area contributed by atoms with Gasteiger partial charge < -0.3 is 9.13 Å². The second-order valence-electron chi connectivity index (χ2n) is 23.1. The Morgan fingerprint density at radius 1 is 0.224 bits per heavy atom. The van der Waals surface area contributed by atoms with Crippen LogP contribution < -0.4 is 0 Å². The Morgan fingerprint density at radius 3 is 0.867 bits per heavy atom. The third kappa shape index (κ3) is 9.96. The molecule has 0 amide bonds. The van der Waals surface area contributed by atoms with Crippen molar-refractivity contribution in [1.29, 1.82) is 47.4 Å². The van der Waals surface area contributed by atoms with Crippen molar-refractivity contribution in [2.75, 3.05) is 0 Å². The Morgan fingerprint density at radius 2 is 0.541 bits per heavy atom. The van der Waals surface area contributed by atoms with Gasteiger partial charge in [-0.2, -0.15) is 47.4 Å². The van der Waals surface area contributed by atoms with Crippen LogP contribution in [0.15, 0.2) is 243 Å². The van der Waals surface area contributed by atoms with Gasteiger partial charge in [-0.1, -0.05) is 127 Å². The molecule has 15 aromatic rings. The Labute approximate surface area is 560 Å². The molecule has 0 radical (unpaired) electrons. The lowest BCUT2D eigenvalue weighted by atomic mass is 9.91. The Bertz CT molecular complexity index is 6050. The van der Waals surface area contributed by atoms with Crippen LogP contribution in [0.1, 0.15) is 50.1 Å². The van der Waals surface area contributed by atoms with E-state index >= 15 is 0 Å². The molecule has 0 aliphatic carbocycles. The monoisotopic (exact) mass is 1240 g/mol. The van der Waals surface area contributed by atoms with Gasteiger partial charge in [-0.05, 0) is 160 Å².